The number of hydrogen-bond donors (Lipinski definition) is 1. The number of fused-ring (bicyclic) bond motifs is 1. The Labute approximate surface area is 204 Å². The molecule has 5 aliphatic rings. The first kappa shape index (κ1) is 24.8. The molecule has 0 bridgehead atoms. The summed E-state index contributed by atoms with van der Waals surface area (Å²) >= 11 is 10.0. The van der Waals surface area contributed by atoms with Gasteiger partial charge in [0.25, 0.3) is 0 Å². The SMILES string of the molecule is C1CCC2OC2C1.OC1CCCCC1SC1=NCCS1.[Na+].[S-]C1=NCCS1. The van der Waals surface area contributed by atoms with Crippen LogP contribution in [0.3, 0.4) is 0 Å². The fourth-order valence-corrected chi connectivity index (χ4v) is 6.74. The quantitative estimate of drug-likeness (QED) is 0.362. The Kier molecular flexibility index (Phi) is 12.6. The fraction of sp³-hybridized carbons (Fsp3) is 0.889. The van der Waals surface area contributed by atoms with Crippen LogP contribution in [0.2, 0.25) is 0 Å². The van der Waals surface area contributed by atoms with Gasteiger partial charge in [0.15, 0.2) is 0 Å². The molecule has 0 aromatic heterocycles. The van der Waals surface area contributed by atoms with Gasteiger partial charge in [0.1, 0.15) is 4.38 Å². The first-order chi connectivity index (χ1) is 12.7. The molecule has 1 saturated heterocycles. The molecule has 0 spiro atoms. The van der Waals surface area contributed by atoms with Gasteiger partial charge in [0.2, 0.25) is 0 Å². The van der Waals surface area contributed by atoms with Gasteiger partial charge in [-0.1, -0.05) is 53.6 Å². The van der Waals surface area contributed by atoms with E-state index in [4.69, 9.17) is 17.4 Å². The topological polar surface area (TPSA) is 57.5 Å². The summed E-state index contributed by atoms with van der Waals surface area (Å²) < 4.78 is 7.31. The van der Waals surface area contributed by atoms with Crippen LogP contribution in [0.25, 0.3) is 0 Å². The molecule has 1 N–H and O–H groups in total. The number of epoxide rings is 1. The maximum atomic E-state index is 9.74. The summed E-state index contributed by atoms with van der Waals surface area (Å²) in [7, 11) is 0. The Bertz CT molecular complexity index is 500. The van der Waals surface area contributed by atoms with Crippen LogP contribution in [-0.4, -0.2) is 62.0 Å². The Hall–Kier alpha value is 1.53. The van der Waals surface area contributed by atoms with Crippen LogP contribution < -0.4 is 29.6 Å². The number of rotatable bonds is 1. The van der Waals surface area contributed by atoms with Gasteiger partial charge in [-0.25, -0.2) is 0 Å². The van der Waals surface area contributed by atoms with Crippen molar-refractivity contribution in [1.82, 2.24) is 0 Å². The van der Waals surface area contributed by atoms with E-state index >= 15 is 0 Å². The van der Waals surface area contributed by atoms with Crippen molar-refractivity contribution in [1.29, 1.82) is 0 Å². The van der Waals surface area contributed by atoms with E-state index in [0.29, 0.717) is 17.5 Å². The minimum Gasteiger partial charge on any atom is -0.754 e. The maximum Gasteiger partial charge on any atom is 1.00 e. The zero-order valence-corrected chi connectivity index (χ0v) is 21.4. The fourth-order valence-electron chi connectivity index (χ4n) is 3.42. The third kappa shape index (κ3) is 9.47. The zero-order valence-electron chi connectivity index (χ0n) is 16.2. The van der Waals surface area contributed by atoms with Crippen molar-refractivity contribution >= 4 is 56.7 Å². The average Bonchev–Trinajstić information content (AvgIpc) is 2.99. The molecule has 4 unspecified atom stereocenters. The molecule has 0 aromatic carbocycles. The summed E-state index contributed by atoms with van der Waals surface area (Å²) in [6.07, 6.45) is 11.4. The average molecular weight is 457 g/mol. The van der Waals surface area contributed by atoms with Crippen LogP contribution in [0.15, 0.2) is 9.98 Å². The molecule has 0 radical (unpaired) electrons. The number of ether oxygens (including phenoxy) is 1. The van der Waals surface area contributed by atoms with Gasteiger partial charge in [0.05, 0.1) is 24.9 Å². The molecule has 27 heavy (non-hydrogen) atoms. The standard InChI is InChI=1S/C9H15NOS2.C6H10O.C3H5NS2.Na/c11-7-3-1-2-4-8(7)13-9-10-5-6-12-9;1-2-4-6-5(3-1)7-6;5-3-4-1-2-6-3;/h7-8,11H,1-6H2;5-6H,1-4H2;1-2H2,(H,4,5);/q;;;+1/p-1. The zero-order chi connectivity index (χ0) is 18.2. The molecule has 0 amide bonds. The van der Waals surface area contributed by atoms with Crippen molar-refractivity contribution in [2.45, 2.75) is 74.9 Å². The third-order valence-electron chi connectivity index (χ3n) is 4.95. The number of aliphatic hydroxyl groups excluding tert-OH is 1. The second-order valence-corrected chi connectivity index (χ2v) is 11.3. The molecule has 3 heterocycles. The summed E-state index contributed by atoms with van der Waals surface area (Å²) in [6, 6.07) is 0. The smallest absolute Gasteiger partial charge is 0.754 e. The van der Waals surface area contributed by atoms with Crippen LogP contribution >= 0.6 is 35.3 Å². The largest absolute Gasteiger partial charge is 1.00 e. The molecule has 2 aliphatic carbocycles. The molecule has 3 aliphatic heterocycles. The van der Waals surface area contributed by atoms with Crippen molar-refractivity contribution in [2.75, 3.05) is 24.6 Å². The number of nitrogens with zero attached hydrogens (tertiary/aromatic N) is 2. The van der Waals surface area contributed by atoms with Gasteiger partial charge in [0, 0.05) is 23.3 Å². The van der Waals surface area contributed by atoms with E-state index in [1.807, 2.05) is 11.8 Å². The van der Waals surface area contributed by atoms with E-state index in [1.54, 1.807) is 23.5 Å². The molecule has 3 fully saturated rings. The Morgan fingerprint density at radius 3 is 2.04 bits per heavy atom. The van der Waals surface area contributed by atoms with Gasteiger partial charge in [-0.15, -0.1) is 11.8 Å². The van der Waals surface area contributed by atoms with Crippen LogP contribution in [0.4, 0.5) is 0 Å². The van der Waals surface area contributed by atoms with E-state index in [9.17, 15) is 5.11 Å². The molecular weight excluding hydrogens is 427 g/mol. The van der Waals surface area contributed by atoms with E-state index < -0.39 is 0 Å². The predicted octanol–water partition coefficient (Wildman–Crippen LogP) is 1.09. The Morgan fingerprint density at radius 2 is 1.56 bits per heavy atom. The Balaban J connectivity index is 0.000000157. The second kappa shape index (κ2) is 13.8. The van der Waals surface area contributed by atoms with Gasteiger partial charge < -0.3 is 27.5 Å². The van der Waals surface area contributed by atoms with Gasteiger partial charge in [-0.2, -0.15) is 0 Å². The molecule has 5 rings (SSSR count). The first-order valence-electron chi connectivity index (χ1n) is 9.74. The van der Waals surface area contributed by atoms with Crippen molar-refractivity contribution in [2.24, 2.45) is 9.98 Å². The number of aliphatic imine (C=N–C) groups is 2. The van der Waals surface area contributed by atoms with Crippen LogP contribution in [-0.2, 0) is 17.4 Å². The number of thioether (sulfide) groups is 3. The van der Waals surface area contributed by atoms with Crippen molar-refractivity contribution in [3.8, 4) is 0 Å². The summed E-state index contributed by atoms with van der Waals surface area (Å²) in [5.41, 5.74) is 0. The predicted molar refractivity (Wildman–Crippen MR) is 120 cm³/mol. The van der Waals surface area contributed by atoms with E-state index in [1.165, 1.54) is 42.9 Å². The number of aliphatic hydroxyl groups is 1. The third-order valence-corrected chi connectivity index (χ3v) is 8.78. The Morgan fingerprint density at radius 1 is 0.926 bits per heavy atom. The van der Waals surface area contributed by atoms with E-state index in [-0.39, 0.29) is 35.7 Å². The molecule has 4 nitrogen and oxygen atoms in total. The molecule has 9 heteroatoms. The van der Waals surface area contributed by atoms with Gasteiger partial charge in [-0.05, 0) is 25.7 Å². The van der Waals surface area contributed by atoms with Crippen molar-refractivity contribution < 1.29 is 39.4 Å². The summed E-state index contributed by atoms with van der Waals surface area (Å²) in [5.74, 6) is 2.23. The van der Waals surface area contributed by atoms with E-state index in [2.05, 4.69) is 9.98 Å². The molecule has 148 valence electrons. The van der Waals surface area contributed by atoms with E-state index in [0.717, 1.165) is 41.8 Å². The molecule has 4 atom stereocenters. The molecule has 0 aromatic rings. The number of hydrogen-bond acceptors (Lipinski definition) is 8. The van der Waals surface area contributed by atoms with Crippen LogP contribution in [0.5, 0.6) is 0 Å². The normalized spacial score (nSPS) is 33.8. The minimum absolute atomic E-state index is 0. The maximum absolute atomic E-state index is 9.74. The molecular formula is C18H29N2NaO2S4. The summed E-state index contributed by atoms with van der Waals surface area (Å²) in [5, 5.41) is 10.2. The minimum atomic E-state index is -0.0948. The monoisotopic (exact) mass is 456 g/mol. The summed E-state index contributed by atoms with van der Waals surface area (Å²) in [6.45, 7) is 1.90. The first-order valence-corrected chi connectivity index (χ1v) is 13.0. The van der Waals surface area contributed by atoms with Crippen molar-refractivity contribution in [3.05, 3.63) is 0 Å². The van der Waals surface area contributed by atoms with Crippen LogP contribution in [0, 0.1) is 0 Å². The van der Waals surface area contributed by atoms with Gasteiger partial charge >= 0.3 is 29.6 Å². The van der Waals surface area contributed by atoms with Crippen LogP contribution in [0.1, 0.15) is 51.4 Å². The van der Waals surface area contributed by atoms with Gasteiger partial charge in [-0.3, -0.25) is 4.99 Å². The van der Waals surface area contributed by atoms with Crippen molar-refractivity contribution in [3.63, 3.8) is 0 Å². The summed E-state index contributed by atoms with van der Waals surface area (Å²) in [4.78, 5) is 8.33. The molecule has 2 saturated carbocycles. The second-order valence-electron chi connectivity index (χ2n) is 7.00.